The van der Waals surface area contributed by atoms with E-state index >= 15 is 0 Å². The number of carbonyl (C=O) groups is 1. The van der Waals surface area contributed by atoms with Crippen LogP contribution in [0.4, 0.5) is 6.01 Å². The van der Waals surface area contributed by atoms with E-state index in [0.717, 1.165) is 19.5 Å². The second-order valence-corrected chi connectivity index (χ2v) is 3.14. The molecule has 0 aromatic carbocycles. The first-order valence-corrected chi connectivity index (χ1v) is 5.29. The average molecular weight is 227 g/mol. The lowest BCUT2D eigenvalue weighted by Gasteiger charge is -2.00. The number of rotatable bonds is 7. The van der Waals surface area contributed by atoms with Crippen LogP contribution in [0.3, 0.4) is 0 Å². The SMILES string of the molecule is CCOC(=O)c1coc(NCCCNC)n1. The van der Waals surface area contributed by atoms with Crippen molar-refractivity contribution in [3.63, 3.8) is 0 Å². The summed E-state index contributed by atoms with van der Waals surface area (Å²) in [6.45, 7) is 3.73. The fourth-order valence-electron chi connectivity index (χ4n) is 1.11. The highest BCUT2D eigenvalue weighted by Crippen LogP contribution is 2.08. The van der Waals surface area contributed by atoms with Crippen molar-refractivity contribution in [3.8, 4) is 0 Å². The Hall–Kier alpha value is -1.56. The minimum Gasteiger partial charge on any atom is -0.461 e. The molecule has 1 aromatic rings. The monoisotopic (exact) mass is 227 g/mol. The molecule has 1 rings (SSSR count). The quantitative estimate of drug-likeness (QED) is 0.532. The van der Waals surface area contributed by atoms with Gasteiger partial charge in [-0.1, -0.05) is 0 Å². The van der Waals surface area contributed by atoms with Gasteiger partial charge in [0.15, 0.2) is 5.69 Å². The van der Waals surface area contributed by atoms with Gasteiger partial charge in [-0.15, -0.1) is 0 Å². The zero-order valence-corrected chi connectivity index (χ0v) is 9.58. The third-order valence-corrected chi connectivity index (χ3v) is 1.87. The van der Waals surface area contributed by atoms with Gasteiger partial charge in [0.05, 0.1) is 6.61 Å². The number of hydrogen-bond donors (Lipinski definition) is 2. The van der Waals surface area contributed by atoms with Gasteiger partial charge in [0, 0.05) is 6.54 Å². The molecule has 0 atom stereocenters. The Morgan fingerprint density at radius 2 is 2.38 bits per heavy atom. The van der Waals surface area contributed by atoms with E-state index in [1.807, 2.05) is 7.05 Å². The lowest BCUT2D eigenvalue weighted by molar-refractivity contribution is 0.0519. The van der Waals surface area contributed by atoms with Crippen LogP contribution < -0.4 is 10.6 Å². The minimum absolute atomic E-state index is 0.193. The van der Waals surface area contributed by atoms with Crippen LogP contribution in [-0.2, 0) is 4.74 Å². The summed E-state index contributed by atoms with van der Waals surface area (Å²) in [7, 11) is 1.89. The van der Waals surface area contributed by atoms with Gasteiger partial charge >= 0.3 is 5.97 Å². The largest absolute Gasteiger partial charge is 0.461 e. The molecular formula is C10H17N3O3. The number of ether oxygens (including phenoxy) is 1. The summed E-state index contributed by atoms with van der Waals surface area (Å²) in [6.07, 6.45) is 2.24. The fourth-order valence-corrected chi connectivity index (χ4v) is 1.11. The van der Waals surface area contributed by atoms with Crippen molar-refractivity contribution in [2.24, 2.45) is 0 Å². The molecule has 0 spiro atoms. The molecule has 0 aliphatic carbocycles. The highest BCUT2D eigenvalue weighted by Gasteiger charge is 2.12. The van der Waals surface area contributed by atoms with E-state index in [1.54, 1.807) is 6.92 Å². The number of nitrogens with one attached hydrogen (secondary N) is 2. The lowest BCUT2D eigenvalue weighted by atomic mass is 10.4. The Morgan fingerprint density at radius 1 is 1.56 bits per heavy atom. The Balaban J connectivity index is 2.36. The van der Waals surface area contributed by atoms with Crippen LogP contribution in [-0.4, -0.2) is 37.7 Å². The molecule has 90 valence electrons. The molecule has 0 radical (unpaired) electrons. The molecule has 0 fully saturated rings. The molecule has 1 heterocycles. The standard InChI is InChI=1S/C10H17N3O3/c1-3-15-9(14)8-7-16-10(13-8)12-6-4-5-11-2/h7,11H,3-6H2,1-2H3,(H,12,13). The predicted octanol–water partition coefficient (Wildman–Crippen LogP) is 0.873. The summed E-state index contributed by atoms with van der Waals surface area (Å²) in [5.74, 6) is -0.463. The van der Waals surface area contributed by atoms with Crippen LogP contribution in [0.2, 0.25) is 0 Å². The van der Waals surface area contributed by atoms with Crippen LogP contribution >= 0.6 is 0 Å². The van der Waals surface area contributed by atoms with Crippen LogP contribution in [0.5, 0.6) is 0 Å². The van der Waals surface area contributed by atoms with Gasteiger partial charge in [-0.05, 0) is 26.9 Å². The second kappa shape index (κ2) is 6.84. The molecule has 1 aromatic heterocycles. The van der Waals surface area contributed by atoms with E-state index in [9.17, 15) is 4.79 Å². The summed E-state index contributed by atoms with van der Waals surface area (Å²) in [4.78, 5) is 15.2. The van der Waals surface area contributed by atoms with Crippen molar-refractivity contribution in [3.05, 3.63) is 12.0 Å². The summed E-state index contributed by atoms with van der Waals surface area (Å²) in [6, 6.07) is 0.346. The van der Waals surface area contributed by atoms with Gasteiger partial charge in [-0.25, -0.2) is 4.79 Å². The maximum absolute atomic E-state index is 11.3. The number of carbonyl (C=O) groups excluding carboxylic acids is 1. The Kier molecular flexibility index (Phi) is 5.35. The molecule has 0 amide bonds. The van der Waals surface area contributed by atoms with Gasteiger partial charge in [-0.3, -0.25) is 0 Å². The van der Waals surface area contributed by atoms with Gasteiger partial charge in [-0.2, -0.15) is 4.98 Å². The number of hydrogen-bond acceptors (Lipinski definition) is 6. The van der Waals surface area contributed by atoms with Crippen molar-refractivity contribution in [2.45, 2.75) is 13.3 Å². The topological polar surface area (TPSA) is 76.4 Å². The van der Waals surface area contributed by atoms with Crippen molar-refractivity contribution >= 4 is 12.0 Å². The highest BCUT2D eigenvalue weighted by atomic mass is 16.5. The molecule has 0 bridgehead atoms. The van der Waals surface area contributed by atoms with Crippen molar-refractivity contribution in [2.75, 3.05) is 32.1 Å². The third-order valence-electron chi connectivity index (χ3n) is 1.87. The minimum atomic E-state index is -0.463. The molecule has 6 nitrogen and oxygen atoms in total. The van der Waals surface area contributed by atoms with Crippen LogP contribution in [0.25, 0.3) is 0 Å². The van der Waals surface area contributed by atoms with Gasteiger partial charge in [0.1, 0.15) is 6.26 Å². The molecule has 0 saturated heterocycles. The molecular weight excluding hydrogens is 210 g/mol. The number of aromatic nitrogens is 1. The van der Waals surface area contributed by atoms with Gasteiger partial charge < -0.3 is 19.8 Å². The first-order chi connectivity index (χ1) is 7.77. The molecule has 16 heavy (non-hydrogen) atoms. The second-order valence-electron chi connectivity index (χ2n) is 3.14. The number of oxazole rings is 1. The van der Waals surface area contributed by atoms with Crippen molar-refractivity contribution < 1.29 is 13.9 Å². The zero-order chi connectivity index (χ0) is 11.8. The zero-order valence-electron chi connectivity index (χ0n) is 9.58. The van der Waals surface area contributed by atoms with Gasteiger partial charge in [0.2, 0.25) is 0 Å². The van der Waals surface area contributed by atoms with Crippen LogP contribution in [0.15, 0.2) is 10.7 Å². The van der Waals surface area contributed by atoms with E-state index in [4.69, 9.17) is 9.15 Å². The Labute approximate surface area is 94.4 Å². The Bertz CT molecular complexity index is 325. The first-order valence-electron chi connectivity index (χ1n) is 5.29. The normalized spacial score (nSPS) is 10.1. The van der Waals surface area contributed by atoms with Crippen LogP contribution in [0.1, 0.15) is 23.8 Å². The molecule has 6 heteroatoms. The summed E-state index contributed by atoms with van der Waals surface area (Å²) >= 11 is 0. The highest BCUT2D eigenvalue weighted by molar-refractivity contribution is 5.87. The average Bonchev–Trinajstić information content (AvgIpc) is 2.73. The van der Waals surface area contributed by atoms with E-state index in [1.165, 1.54) is 6.26 Å². The third kappa shape index (κ3) is 3.90. The smallest absolute Gasteiger partial charge is 0.360 e. The van der Waals surface area contributed by atoms with Crippen LogP contribution in [0, 0.1) is 0 Å². The van der Waals surface area contributed by atoms with Crippen molar-refractivity contribution in [1.29, 1.82) is 0 Å². The summed E-state index contributed by atoms with van der Waals surface area (Å²) < 4.78 is 9.85. The summed E-state index contributed by atoms with van der Waals surface area (Å²) in [5, 5.41) is 6.00. The molecule has 0 aliphatic heterocycles. The lowest BCUT2D eigenvalue weighted by Crippen LogP contribution is -2.13. The van der Waals surface area contributed by atoms with Gasteiger partial charge in [0.25, 0.3) is 6.01 Å². The molecule has 2 N–H and O–H groups in total. The fraction of sp³-hybridized carbons (Fsp3) is 0.600. The number of esters is 1. The summed E-state index contributed by atoms with van der Waals surface area (Å²) in [5.41, 5.74) is 0.193. The molecule has 0 saturated carbocycles. The first kappa shape index (κ1) is 12.5. The molecule has 0 unspecified atom stereocenters. The maximum Gasteiger partial charge on any atom is 0.360 e. The predicted molar refractivity (Wildman–Crippen MR) is 59.5 cm³/mol. The number of nitrogens with zero attached hydrogens (tertiary/aromatic N) is 1. The van der Waals surface area contributed by atoms with E-state index in [2.05, 4.69) is 15.6 Å². The number of anilines is 1. The van der Waals surface area contributed by atoms with E-state index in [0.29, 0.717) is 12.6 Å². The molecule has 0 aliphatic rings. The maximum atomic E-state index is 11.3. The van der Waals surface area contributed by atoms with E-state index in [-0.39, 0.29) is 5.69 Å². The van der Waals surface area contributed by atoms with Crippen molar-refractivity contribution in [1.82, 2.24) is 10.3 Å². The Morgan fingerprint density at radius 3 is 3.06 bits per heavy atom. The van der Waals surface area contributed by atoms with E-state index < -0.39 is 5.97 Å².